The van der Waals surface area contributed by atoms with Crippen molar-refractivity contribution >= 4 is 16.9 Å². The van der Waals surface area contributed by atoms with Gasteiger partial charge in [-0.15, -0.1) is 0 Å². The average Bonchev–Trinajstić information content (AvgIpc) is 3.01. The van der Waals surface area contributed by atoms with E-state index in [9.17, 15) is 4.79 Å². The van der Waals surface area contributed by atoms with Gasteiger partial charge in [0.2, 0.25) is 5.91 Å². The lowest BCUT2D eigenvalue weighted by Crippen LogP contribution is -2.43. The Bertz CT molecular complexity index is 721. The van der Waals surface area contributed by atoms with Gasteiger partial charge in [-0.2, -0.15) is 0 Å². The van der Waals surface area contributed by atoms with Crippen molar-refractivity contribution in [2.45, 2.75) is 45.8 Å². The van der Waals surface area contributed by atoms with Gasteiger partial charge in [-0.1, -0.05) is 12.1 Å². The maximum Gasteiger partial charge on any atom is 0.224 e. The van der Waals surface area contributed by atoms with E-state index in [1.54, 1.807) is 0 Å². The molecule has 0 radical (unpaired) electrons. The van der Waals surface area contributed by atoms with E-state index in [4.69, 9.17) is 9.72 Å². The second-order valence-corrected chi connectivity index (χ2v) is 6.69. The maximum atomic E-state index is 12.4. The van der Waals surface area contributed by atoms with Gasteiger partial charge in [-0.25, -0.2) is 4.98 Å². The second-order valence-electron chi connectivity index (χ2n) is 6.69. The Morgan fingerprint density at radius 1 is 1.28 bits per heavy atom. The second kappa shape index (κ2) is 7.97. The van der Waals surface area contributed by atoms with E-state index in [-0.39, 0.29) is 18.0 Å². The highest BCUT2D eigenvalue weighted by Crippen LogP contribution is 2.21. The van der Waals surface area contributed by atoms with Crippen molar-refractivity contribution in [3.63, 3.8) is 0 Å². The van der Waals surface area contributed by atoms with Crippen molar-refractivity contribution in [2.75, 3.05) is 26.3 Å². The van der Waals surface area contributed by atoms with Crippen LogP contribution in [0.2, 0.25) is 0 Å². The van der Waals surface area contributed by atoms with Crippen molar-refractivity contribution in [3.8, 4) is 0 Å². The van der Waals surface area contributed by atoms with Crippen LogP contribution in [0.1, 0.15) is 39.1 Å². The van der Waals surface area contributed by atoms with Crippen LogP contribution in [-0.2, 0) is 16.1 Å². The minimum absolute atomic E-state index is 0.0832. The molecular formula is C19H28N4O2. The summed E-state index contributed by atoms with van der Waals surface area (Å²) in [6.07, 6.45) is 0.497. The number of hydrogen-bond acceptors (Lipinski definition) is 4. The molecule has 2 aromatic rings. The number of amides is 1. The SMILES string of the molecule is CCn1c([C@H](C)N[C@@H](C)CC(=O)N2CCOCC2)nc2ccccc21. The third-order valence-electron chi connectivity index (χ3n) is 4.77. The molecule has 0 unspecified atom stereocenters. The van der Waals surface area contributed by atoms with E-state index in [1.165, 1.54) is 0 Å². The Balaban J connectivity index is 1.65. The van der Waals surface area contributed by atoms with Gasteiger partial charge in [-0.05, 0) is 32.9 Å². The number of morpholine rings is 1. The van der Waals surface area contributed by atoms with Gasteiger partial charge in [0.05, 0.1) is 30.3 Å². The third-order valence-corrected chi connectivity index (χ3v) is 4.77. The normalized spacial score (nSPS) is 17.6. The fraction of sp³-hybridized carbons (Fsp3) is 0.579. The molecule has 136 valence electrons. The van der Waals surface area contributed by atoms with E-state index in [0.29, 0.717) is 32.7 Å². The Morgan fingerprint density at radius 3 is 2.72 bits per heavy atom. The predicted molar refractivity (Wildman–Crippen MR) is 98.4 cm³/mol. The molecule has 1 amide bonds. The Kier molecular flexibility index (Phi) is 5.71. The molecule has 0 bridgehead atoms. The van der Waals surface area contributed by atoms with Crippen LogP contribution < -0.4 is 5.32 Å². The number of nitrogens with zero attached hydrogens (tertiary/aromatic N) is 3. The molecule has 1 aliphatic heterocycles. The molecule has 1 aromatic heterocycles. The first-order valence-corrected chi connectivity index (χ1v) is 9.17. The Hall–Kier alpha value is -1.92. The van der Waals surface area contributed by atoms with Gasteiger partial charge < -0.3 is 19.5 Å². The van der Waals surface area contributed by atoms with Gasteiger partial charge in [0, 0.05) is 32.1 Å². The number of ether oxygens (including phenoxy) is 1. The minimum atomic E-state index is 0.0832. The third kappa shape index (κ3) is 4.02. The summed E-state index contributed by atoms with van der Waals surface area (Å²) in [4.78, 5) is 19.1. The average molecular weight is 344 g/mol. The van der Waals surface area contributed by atoms with Gasteiger partial charge in [0.1, 0.15) is 5.82 Å². The summed E-state index contributed by atoms with van der Waals surface area (Å²) in [6.45, 7) is 9.88. The standard InChI is InChI=1S/C19H28N4O2/c1-4-23-17-8-6-5-7-16(17)21-19(23)15(3)20-14(2)13-18(24)22-9-11-25-12-10-22/h5-8,14-15,20H,4,9-13H2,1-3H3/t14-,15-/m0/s1. The molecule has 1 aromatic carbocycles. The van der Waals surface area contributed by atoms with E-state index >= 15 is 0 Å². The molecule has 6 nitrogen and oxygen atoms in total. The first-order valence-electron chi connectivity index (χ1n) is 9.17. The molecular weight excluding hydrogens is 316 g/mol. The fourth-order valence-corrected chi connectivity index (χ4v) is 3.52. The summed E-state index contributed by atoms with van der Waals surface area (Å²) < 4.78 is 7.55. The number of nitrogens with one attached hydrogen (secondary N) is 1. The number of carbonyl (C=O) groups excluding carboxylic acids is 1. The molecule has 2 heterocycles. The summed E-state index contributed by atoms with van der Waals surface area (Å²) in [6, 6.07) is 8.38. The van der Waals surface area contributed by atoms with Crippen LogP contribution in [0, 0.1) is 0 Å². The smallest absolute Gasteiger partial charge is 0.224 e. The molecule has 3 rings (SSSR count). The highest BCUT2D eigenvalue weighted by Gasteiger charge is 2.22. The number of fused-ring (bicyclic) bond motifs is 1. The first-order chi connectivity index (χ1) is 12.1. The quantitative estimate of drug-likeness (QED) is 0.874. The number of benzene rings is 1. The first kappa shape index (κ1) is 17.9. The molecule has 1 fully saturated rings. The van der Waals surface area contributed by atoms with E-state index in [2.05, 4.69) is 36.7 Å². The summed E-state index contributed by atoms with van der Waals surface area (Å²) in [7, 11) is 0. The van der Waals surface area contributed by atoms with Crippen molar-refractivity contribution in [1.29, 1.82) is 0 Å². The van der Waals surface area contributed by atoms with Crippen LogP contribution in [0.4, 0.5) is 0 Å². The van der Waals surface area contributed by atoms with Crippen molar-refractivity contribution < 1.29 is 9.53 Å². The number of aryl methyl sites for hydroxylation is 1. The molecule has 0 aliphatic carbocycles. The van der Waals surface area contributed by atoms with E-state index < -0.39 is 0 Å². The van der Waals surface area contributed by atoms with Crippen LogP contribution in [0.5, 0.6) is 0 Å². The van der Waals surface area contributed by atoms with Crippen molar-refractivity contribution in [3.05, 3.63) is 30.1 Å². The van der Waals surface area contributed by atoms with Gasteiger partial charge in [-0.3, -0.25) is 4.79 Å². The molecule has 1 saturated heterocycles. The monoisotopic (exact) mass is 344 g/mol. The lowest BCUT2D eigenvalue weighted by molar-refractivity contribution is -0.135. The summed E-state index contributed by atoms with van der Waals surface area (Å²) in [5, 5.41) is 3.54. The molecule has 25 heavy (non-hydrogen) atoms. The fourth-order valence-electron chi connectivity index (χ4n) is 3.52. The van der Waals surface area contributed by atoms with E-state index in [0.717, 1.165) is 23.4 Å². The van der Waals surface area contributed by atoms with Crippen molar-refractivity contribution in [2.24, 2.45) is 0 Å². The summed E-state index contributed by atoms with van der Waals surface area (Å²) >= 11 is 0. The van der Waals surface area contributed by atoms with Crippen LogP contribution in [0.3, 0.4) is 0 Å². The zero-order chi connectivity index (χ0) is 17.8. The lowest BCUT2D eigenvalue weighted by Gasteiger charge is -2.28. The number of aromatic nitrogens is 2. The number of imidazole rings is 1. The van der Waals surface area contributed by atoms with Crippen molar-refractivity contribution in [1.82, 2.24) is 19.8 Å². The van der Waals surface area contributed by atoms with Gasteiger partial charge in [0.25, 0.3) is 0 Å². The minimum Gasteiger partial charge on any atom is -0.378 e. The largest absolute Gasteiger partial charge is 0.378 e. The Labute approximate surface area is 149 Å². The van der Waals surface area contributed by atoms with Crippen LogP contribution in [0.25, 0.3) is 11.0 Å². The topological polar surface area (TPSA) is 59.4 Å². The predicted octanol–water partition coefficient (Wildman–Crippen LogP) is 2.34. The molecule has 1 aliphatic rings. The molecule has 1 N–H and O–H groups in total. The van der Waals surface area contributed by atoms with Gasteiger partial charge >= 0.3 is 0 Å². The Morgan fingerprint density at radius 2 is 2.00 bits per heavy atom. The lowest BCUT2D eigenvalue weighted by atomic mass is 10.1. The van der Waals surface area contributed by atoms with Crippen LogP contribution >= 0.6 is 0 Å². The molecule has 6 heteroatoms. The zero-order valence-corrected chi connectivity index (χ0v) is 15.4. The number of carbonyl (C=O) groups is 1. The number of para-hydroxylation sites is 2. The van der Waals surface area contributed by atoms with Crippen LogP contribution in [0.15, 0.2) is 24.3 Å². The van der Waals surface area contributed by atoms with Gasteiger partial charge in [0.15, 0.2) is 0 Å². The molecule has 0 saturated carbocycles. The highest BCUT2D eigenvalue weighted by molar-refractivity contribution is 5.77. The summed E-state index contributed by atoms with van der Waals surface area (Å²) in [5.74, 6) is 1.22. The maximum absolute atomic E-state index is 12.4. The zero-order valence-electron chi connectivity index (χ0n) is 15.4. The molecule has 2 atom stereocenters. The number of rotatable bonds is 6. The summed E-state index contributed by atoms with van der Waals surface area (Å²) in [5.41, 5.74) is 2.18. The molecule has 0 spiro atoms. The highest BCUT2D eigenvalue weighted by atomic mass is 16.5. The van der Waals surface area contributed by atoms with Crippen LogP contribution in [-0.4, -0.2) is 52.7 Å². The van der Waals surface area contributed by atoms with E-state index in [1.807, 2.05) is 23.1 Å². The number of hydrogen-bond donors (Lipinski definition) is 1.